The second-order valence-electron chi connectivity index (χ2n) is 8.96. The van der Waals surface area contributed by atoms with Crippen molar-refractivity contribution in [2.75, 3.05) is 11.9 Å². The third-order valence-electron chi connectivity index (χ3n) is 6.84. The maximum absolute atomic E-state index is 15.1. The molecular weight excluding hydrogens is 423 g/mol. The highest BCUT2D eigenvalue weighted by molar-refractivity contribution is 5.72. The number of phenols is 1. The zero-order chi connectivity index (χ0) is 23.1. The van der Waals surface area contributed by atoms with Gasteiger partial charge in [-0.05, 0) is 37.5 Å². The van der Waals surface area contributed by atoms with Gasteiger partial charge < -0.3 is 19.9 Å². The quantitative estimate of drug-likeness (QED) is 0.631. The number of nitrogens with zero attached hydrogens (tertiary/aromatic N) is 5. The summed E-state index contributed by atoms with van der Waals surface area (Å²) >= 11 is 0. The van der Waals surface area contributed by atoms with E-state index in [-0.39, 0.29) is 23.5 Å². The summed E-state index contributed by atoms with van der Waals surface area (Å²) in [5.41, 5.74) is 1.77. The van der Waals surface area contributed by atoms with Gasteiger partial charge in [-0.25, -0.2) is 14.2 Å². The number of hydrogen-bond acceptors (Lipinski definition) is 7. The molecule has 2 saturated heterocycles. The molecule has 3 aromatic rings. The van der Waals surface area contributed by atoms with E-state index in [2.05, 4.69) is 20.3 Å². The molecule has 5 rings (SSSR count). The summed E-state index contributed by atoms with van der Waals surface area (Å²) < 4.78 is 16.4. The number of aromatic hydroxyl groups is 1. The second-order valence-corrected chi connectivity index (χ2v) is 8.96. The van der Waals surface area contributed by atoms with Crippen LogP contribution in [0.2, 0.25) is 0 Å². The summed E-state index contributed by atoms with van der Waals surface area (Å²) in [7, 11) is 3.50. The van der Waals surface area contributed by atoms with E-state index in [1.165, 1.54) is 4.57 Å². The Labute approximate surface area is 191 Å². The first-order valence-corrected chi connectivity index (χ1v) is 11.2. The van der Waals surface area contributed by atoms with Gasteiger partial charge in [-0.2, -0.15) is 4.98 Å². The van der Waals surface area contributed by atoms with Gasteiger partial charge in [-0.3, -0.25) is 4.98 Å². The molecule has 2 aliphatic rings. The molecule has 2 aromatic heterocycles. The van der Waals surface area contributed by atoms with Gasteiger partial charge in [0.15, 0.2) is 0 Å². The van der Waals surface area contributed by atoms with Gasteiger partial charge in [-0.1, -0.05) is 12.5 Å². The Bertz CT molecular complexity index is 1210. The first kappa shape index (κ1) is 21.5. The normalized spacial score (nSPS) is 24.5. The van der Waals surface area contributed by atoms with Crippen LogP contribution in [0.3, 0.4) is 0 Å². The van der Waals surface area contributed by atoms with Crippen LogP contribution in [0.25, 0.3) is 22.5 Å². The molecule has 2 fully saturated rings. The lowest BCUT2D eigenvalue weighted by atomic mass is 9.82. The van der Waals surface area contributed by atoms with E-state index >= 15 is 4.39 Å². The number of anilines is 1. The van der Waals surface area contributed by atoms with Crippen molar-refractivity contribution in [2.24, 2.45) is 7.05 Å². The van der Waals surface area contributed by atoms with Crippen molar-refractivity contribution in [3.8, 4) is 28.3 Å². The minimum Gasteiger partial charge on any atom is -0.507 e. The Balaban J connectivity index is 1.36. The van der Waals surface area contributed by atoms with Gasteiger partial charge in [0.05, 0.1) is 29.8 Å². The molecule has 0 saturated carbocycles. The van der Waals surface area contributed by atoms with Crippen LogP contribution in [-0.4, -0.2) is 56.0 Å². The van der Waals surface area contributed by atoms with E-state index in [4.69, 9.17) is 0 Å². The fourth-order valence-electron chi connectivity index (χ4n) is 4.90. The van der Waals surface area contributed by atoms with Crippen LogP contribution in [0.5, 0.6) is 5.75 Å². The van der Waals surface area contributed by atoms with E-state index in [1.54, 1.807) is 49.9 Å². The van der Waals surface area contributed by atoms with E-state index < -0.39 is 6.17 Å². The molecule has 2 N–H and O–H groups in total. The third kappa shape index (κ3) is 4.08. The minimum absolute atomic E-state index is 0.0142. The van der Waals surface area contributed by atoms with Crippen molar-refractivity contribution < 1.29 is 9.50 Å². The summed E-state index contributed by atoms with van der Waals surface area (Å²) in [6, 6.07) is 6.80. The Morgan fingerprint density at radius 1 is 1.18 bits per heavy atom. The summed E-state index contributed by atoms with van der Waals surface area (Å²) in [5.74, 6) is 0.618. The number of benzene rings is 1. The Morgan fingerprint density at radius 2 is 2.03 bits per heavy atom. The molecule has 0 amide bonds. The first-order valence-electron chi connectivity index (χ1n) is 11.2. The minimum atomic E-state index is -0.951. The lowest BCUT2D eigenvalue weighted by Crippen LogP contribution is -2.61. The molecule has 33 heavy (non-hydrogen) atoms. The van der Waals surface area contributed by atoms with Crippen LogP contribution in [-0.2, 0) is 7.05 Å². The molecular formula is C24H27FN6O2. The number of phenolic OH excluding ortho intramolecular Hbond substituents is 1. The summed E-state index contributed by atoms with van der Waals surface area (Å²) in [4.78, 5) is 26.7. The SMILES string of the molecule is CN(c1cnc(-c2ccc(-c3ccn(C)c(=O)n3)cc2O)cn1)[C@@H]1CC2CCCC(N2)[C@@H]1F. The van der Waals surface area contributed by atoms with Gasteiger partial charge in [0.25, 0.3) is 0 Å². The fourth-order valence-corrected chi connectivity index (χ4v) is 4.90. The van der Waals surface area contributed by atoms with Crippen molar-refractivity contribution in [2.45, 2.75) is 50.0 Å². The average molecular weight is 451 g/mol. The molecule has 0 spiro atoms. The van der Waals surface area contributed by atoms with Crippen molar-refractivity contribution >= 4 is 5.82 Å². The van der Waals surface area contributed by atoms with Gasteiger partial charge in [0.2, 0.25) is 0 Å². The standard InChI is InChI=1S/C24H27FN6O2/c1-30-9-8-17(29-24(30)33)14-6-7-16(21(32)10-14)19-12-27-22(13-26-19)31(2)20-11-15-4-3-5-18(28-15)23(20)25/h6-10,12-13,15,18,20,23,28,32H,3-5,11H2,1-2H3/t15?,18?,20-,23+/m1/s1. The highest BCUT2D eigenvalue weighted by Gasteiger charge is 2.41. The molecule has 0 aliphatic carbocycles. The smallest absolute Gasteiger partial charge is 0.347 e. The molecule has 4 atom stereocenters. The topological polar surface area (TPSA) is 96.2 Å². The van der Waals surface area contributed by atoms with Crippen LogP contribution in [0.1, 0.15) is 25.7 Å². The molecule has 8 nitrogen and oxygen atoms in total. The highest BCUT2D eigenvalue weighted by atomic mass is 19.1. The van der Waals surface area contributed by atoms with Crippen molar-refractivity contribution in [1.82, 2.24) is 24.8 Å². The van der Waals surface area contributed by atoms with E-state index in [0.717, 1.165) is 25.7 Å². The monoisotopic (exact) mass is 450 g/mol. The molecule has 4 heterocycles. The molecule has 2 aliphatic heterocycles. The number of piperidine rings is 2. The van der Waals surface area contributed by atoms with Gasteiger partial charge in [0, 0.05) is 43.5 Å². The van der Waals surface area contributed by atoms with Crippen LogP contribution >= 0.6 is 0 Å². The van der Waals surface area contributed by atoms with Gasteiger partial charge in [0.1, 0.15) is 17.7 Å². The Hall–Kier alpha value is -3.33. The molecule has 0 radical (unpaired) electrons. The Kier molecular flexibility index (Phi) is 5.57. The molecule has 2 unspecified atom stereocenters. The van der Waals surface area contributed by atoms with E-state index in [1.807, 2.05) is 11.9 Å². The number of hydrogen-bond donors (Lipinski definition) is 2. The number of rotatable bonds is 4. The third-order valence-corrected chi connectivity index (χ3v) is 6.84. The number of fused-ring (bicyclic) bond motifs is 2. The molecule has 1 aromatic carbocycles. The van der Waals surface area contributed by atoms with Crippen LogP contribution in [0, 0.1) is 0 Å². The van der Waals surface area contributed by atoms with E-state index in [0.29, 0.717) is 34.4 Å². The molecule has 172 valence electrons. The first-order chi connectivity index (χ1) is 15.9. The summed E-state index contributed by atoms with van der Waals surface area (Å²) in [5, 5.41) is 14.0. The van der Waals surface area contributed by atoms with Crippen LogP contribution < -0.4 is 15.9 Å². The van der Waals surface area contributed by atoms with Crippen molar-refractivity contribution in [1.29, 1.82) is 0 Å². The van der Waals surface area contributed by atoms with Crippen LogP contribution in [0.15, 0.2) is 47.7 Å². The molecule has 9 heteroatoms. The second kappa shape index (κ2) is 8.55. The Morgan fingerprint density at radius 3 is 2.76 bits per heavy atom. The zero-order valence-electron chi connectivity index (χ0n) is 18.6. The fraction of sp³-hybridized carbons (Fsp3) is 0.417. The lowest BCUT2D eigenvalue weighted by Gasteiger charge is -2.46. The summed E-state index contributed by atoms with van der Waals surface area (Å²) in [6.45, 7) is 0. The van der Waals surface area contributed by atoms with Crippen molar-refractivity contribution in [3.63, 3.8) is 0 Å². The lowest BCUT2D eigenvalue weighted by molar-refractivity contribution is 0.107. The number of aryl methyl sites for hydroxylation is 1. The van der Waals surface area contributed by atoms with E-state index in [9.17, 15) is 9.90 Å². The zero-order valence-corrected chi connectivity index (χ0v) is 18.6. The van der Waals surface area contributed by atoms with Crippen molar-refractivity contribution in [3.05, 3.63) is 53.3 Å². The molecule has 2 bridgehead atoms. The predicted octanol–water partition coefficient (Wildman–Crippen LogP) is 2.67. The number of aromatic nitrogens is 4. The predicted molar refractivity (Wildman–Crippen MR) is 124 cm³/mol. The number of nitrogens with one attached hydrogen (secondary N) is 1. The number of alkyl halides is 1. The largest absolute Gasteiger partial charge is 0.507 e. The maximum atomic E-state index is 15.1. The number of halogens is 1. The average Bonchev–Trinajstić information content (AvgIpc) is 2.83. The van der Waals surface area contributed by atoms with Gasteiger partial charge >= 0.3 is 5.69 Å². The highest BCUT2D eigenvalue weighted by Crippen LogP contribution is 2.34. The van der Waals surface area contributed by atoms with Crippen LogP contribution in [0.4, 0.5) is 10.2 Å². The summed E-state index contributed by atoms with van der Waals surface area (Å²) in [6.07, 6.45) is 7.67. The van der Waals surface area contributed by atoms with Gasteiger partial charge in [-0.15, -0.1) is 0 Å². The maximum Gasteiger partial charge on any atom is 0.347 e.